The van der Waals surface area contributed by atoms with Crippen molar-refractivity contribution < 1.29 is 9.53 Å². The van der Waals surface area contributed by atoms with Gasteiger partial charge in [0, 0.05) is 39.3 Å². The SMILES string of the molecule is CCc1ccc(CN2CCN(CCC(=O)OC)CC2)cc1. The molecule has 1 aliphatic rings. The number of carbonyl (C=O) groups is 1. The van der Waals surface area contributed by atoms with Gasteiger partial charge < -0.3 is 9.64 Å². The number of benzene rings is 1. The van der Waals surface area contributed by atoms with Gasteiger partial charge in [0.2, 0.25) is 0 Å². The fourth-order valence-electron chi connectivity index (χ4n) is 2.66. The molecule has 0 spiro atoms. The van der Waals surface area contributed by atoms with Crippen LogP contribution in [0.1, 0.15) is 24.5 Å². The minimum Gasteiger partial charge on any atom is -0.469 e. The van der Waals surface area contributed by atoms with Gasteiger partial charge in [-0.05, 0) is 17.5 Å². The summed E-state index contributed by atoms with van der Waals surface area (Å²) in [7, 11) is 1.45. The summed E-state index contributed by atoms with van der Waals surface area (Å²) in [5, 5.41) is 0. The van der Waals surface area contributed by atoms with Gasteiger partial charge in [-0.2, -0.15) is 0 Å². The zero-order valence-corrected chi connectivity index (χ0v) is 13.2. The van der Waals surface area contributed by atoms with E-state index in [2.05, 4.69) is 45.7 Å². The molecule has 0 unspecified atom stereocenters. The quantitative estimate of drug-likeness (QED) is 0.750. The normalized spacial score (nSPS) is 16.9. The zero-order valence-electron chi connectivity index (χ0n) is 13.2. The van der Waals surface area contributed by atoms with Crippen LogP contribution in [0.4, 0.5) is 0 Å². The predicted molar refractivity (Wildman–Crippen MR) is 84.2 cm³/mol. The number of nitrogens with zero attached hydrogens (tertiary/aromatic N) is 2. The Balaban J connectivity index is 1.72. The lowest BCUT2D eigenvalue weighted by molar-refractivity contribution is -0.141. The van der Waals surface area contributed by atoms with Crippen LogP contribution in [0.5, 0.6) is 0 Å². The van der Waals surface area contributed by atoms with Gasteiger partial charge in [-0.1, -0.05) is 31.2 Å². The fourth-order valence-corrected chi connectivity index (χ4v) is 2.66. The lowest BCUT2D eigenvalue weighted by Gasteiger charge is -2.34. The van der Waals surface area contributed by atoms with Crippen molar-refractivity contribution in [3.8, 4) is 0 Å². The Labute approximate surface area is 127 Å². The Hall–Kier alpha value is -1.39. The first-order chi connectivity index (χ1) is 10.2. The molecule has 0 aromatic heterocycles. The molecule has 4 heteroatoms. The Morgan fingerprint density at radius 1 is 1.05 bits per heavy atom. The van der Waals surface area contributed by atoms with Crippen LogP contribution in [0.25, 0.3) is 0 Å². The first-order valence-corrected chi connectivity index (χ1v) is 7.80. The Bertz CT molecular complexity index is 437. The Morgan fingerprint density at radius 2 is 1.62 bits per heavy atom. The molecule has 1 fully saturated rings. The van der Waals surface area contributed by atoms with Gasteiger partial charge in [0.15, 0.2) is 0 Å². The van der Waals surface area contributed by atoms with E-state index < -0.39 is 0 Å². The first kappa shape index (κ1) is 16.0. The van der Waals surface area contributed by atoms with Crippen LogP contribution in [0.2, 0.25) is 0 Å². The van der Waals surface area contributed by atoms with E-state index in [1.54, 1.807) is 0 Å². The molecule has 1 aromatic carbocycles. The van der Waals surface area contributed by atoms with Crippen LogP contribution < -0.4 is 0 Å². The summed E-state index contributed by atoms with van der Waals surface area (Å²) in [6.45, 7) is 8.21. The molecule has 1 saturated heterocycles. The number of ether oxygens (including phenoxy) is 1. The van der Waals surface area contributed by atoms with Crippen molar-refractivity contribution in [3.05, 3.63) is 35.4 Å². The second-order valence-corrected chi connectivity index (χ2v) is 5.61. The van der Waals surface area contributed by atoms with E-state index in [9.17, 15) is 4.79 Å². The molecular formula is C17H26N2O2. The lowest BCUT2D eigenvalue weighted by atomic mass is 10.1. The van der Waals surface area contributed by atoms with E-state index in [1.165, 1.54) is 18.2 Å². The molecule has 0 saturated carbocycles. The third-order valence-corrected chi connectivity index (χ3v) is 4.16. The van der Waals surface area contributed by atoms with Gasteiger partial charge in [0.25, 0.3) is 0 Å². The molecule has 4 nitrogen and oxygen atoms in total. The number of hydrogen-bond acceptors (Lipinski definition) is 4. The van der Waals surface area contributed by atoms with Gasteiger partial charge in [-0.15, -0.1) is 0 Å². The molecular weight excluding hydrogens is 264 g/mol. The Morgan fingerprint density at radius 3 is 2.19 bits per heavy atom. The molecule has 0 N–H and O–H groups in total. The highest BCUT2D eigenvalue weighted by Crippen LogP contribution is 2.10. The van der Waals surface area contributed by atoms with Gasteiger partial charge in [0.1, 0.15) is 0 Å². The van der Waals surface area contributed by atoms with Gasteiger partial charge in [-0.3, -0.25) is 9.69 Å². The second-order valence-electron chi connectivity index (χ2n) is 5.61. The number of methoxy groups -OCH3 is 1. The van der Waals surface area contributed by atoms with Crippen molar-refractivity contribution in [2.24, 2.45) is 0 Å². The van der Waals surface area contributed by atoms with Crippen LogP contribution in [-0.2, 0) is 22.5 Å². The van der Waals surface area contributed by atoms with Crippen molar-refractivity contribution in [3.63, 3.8) is 0 Å². The minimum atomic E-state index is -0.117. The molecule has 0 atom stereocenters. The Kier molecular flexibility index (Phi) is 6.21. The summed E-state index contributed by atoms with van der Waals surface area (Å²) in [5.74, 6) is -0.117. The summed E-state index contributed by atoms with van der Waals surface area (Å²) in [4.78, 5) is 16.0. The van der Waals surface area contributed by atoms with Crippen molar-refractivity contribution in [1.29, 1.82) is 0 Å². The number of piperazine rings is 1. The average molecular weight is 290 g/mol. The van der Waals surface area contributed by atoms with Crippen LogP contribution in [0, 0.1) is 0 Å². The maximum atomic E-state index is 11.2. The molecule has 21 heavy (non-hydrogen) atoms. The number of esters is 1. The van der Waals surface area contributed by atoms with E-state index in [-0.39, 0.29) is 5.97 Å². The minimum absolute atomic E-state index is 0.117. The van der Waals surface area contributed by atoms with Gasteiger partial charge in [-0.25, -0.2) is 0 Å². The van der Waals surface area contributed by atoms with E-state index in [0.717, 1.165) is 45.7 Å². The van der Waals surface area contributed by atoms with Crippen molar-refractivity contribution in [2.75, 3.05) is 39.8 Å². The van der Waals surface area contributed by atoms with Crippen molar-refractivity contribution >= 4 is 5.97 Å². The summed E-state index contributed by atoms with van der Waals surface area (Å²) >= 11 is 0. The van der Waals surface area contributed by atoms with E-state index in [1.807, 2.05) is 0 Å². The first-order valence-electron chi connectivity index (χ1n) is 7.80. The standard InChI is InChI=1S/C17H26N2O2/c1-3-15-4-6-16(7-5-15)14-19-12-10-18(11-13-19)9-8-17(20)21-2/h4-7H,3,8-14H2,1-2H3. The number of hydrogen-bond donors (Lipinski definition) is 0. The topological polar surface area (TPSA) is 32.8 Å². The lowest BCUT2D eigenvalue weighted by Crippen LogP contribution is -2.46. The van der Waals surface area contributed by atoms with E-state index >= 15 is 0 Å². The van der Waals surface area contributed by atoms with Crippen LogP contribution in [0.15, 0.2) is 24.3 Å². The monoisotopic (exact) mass is 290 g/mol. The third kappa shape index (κ3) is 5.14. The molecule has 116 valence electrons. The molecule has 0 amide bonds. The highest BCUT2D eigenvalue weighted by atomic mass is 16.5. The molecule has 1 aliphatic heterocycles. The summed E-state index contributed by atoms with van der Waals surface area (Å²) in [6, 6.07) is 8.93. The van der Waals surface area contributed by atoms with E-state index in [4.69, 9.17) is 0 Å². The second kappa shape index (κ2) is 8.15. The average Bonchev–Trinajstić information content (AvgIpc) is 2.54. The maximum absolute atomic E-state index is 11.2. The highest BCUT2D eigenvalue weighted by Gasteiger charge is 2.17. The largest absolute Gasteiger partial charge is 0.469 e. The number of rotatable bonds is 6. The van der Waals surface area contributed by atoms with Crippen LogP contribution >= 0.6 is 0 Å². The third-order valence-electron chi connectivity index (χ3n) is 4.16. The van der Waals surface area contributed by atoms with Crippen molar-refractivity contribution in [1.82, 2.24) is 9.80 Å². The summed E-state index contributed by atoms with van der Waals surface area (Å²) in [6.07, 6.45) is 1.59. The predicted octanol–water partition coefficient (Wildman–Crippen LogP) is 1.93. The fraction of sp³-hybridized carbons (Fsp3) is 0.588. The molecule has 0 radical (unpaired) electrons. The number of aryl methyl sites for hydroxylation is 1. The molecule has 2 rings (SSSR count). The summed E-state index contributed by atoms with van der Waals surface area (Å²) in [5.41, 5.74) is 2.78. The highest BCUT2D eigenvalue weighted by molar-refractivity contribution is 5.69. The number of carbonyl (C=O) groups excluding carboxylic acids is 1. The van der Waals surface area contributed by atoms with E-state index in [0.29, 0.717) is 6.42 Å². The smallest absolute Gasteiger partial charge is 0.306 e. The van der Waals surface area contributed by atoms with Gasteiger partial charge >= 0.3 is 5.97 Å². The molecule has 1 heterocycles. The van der Waals surface area contributed by atoms with Crippen LogP contribution in [0.3, 0.4) is 0 Å². The zero-order chi connectivity index (χ0) is 15.1. The maximum Gasteiger partial charge on any atom is 0.306 e. The molecule has 1 aromatic rings. The summed E-state index contributed by atoms with van der Waals surface area (Å²) < 4.78 is 4.68. The van der Waals surface area contributed by atoms with Crippen molar-refractivity contribution in [2.45, 2.75) is 26.3 Å². The molecule has 0 aliphatic carbocycles. The van der Waals surface area contributed by atoms with Crippen LogP contribution in [-0.4, -0.2) is 55.6 Å². The van der Waals surface area contributed by atoms with Gasteiger partial charge in [0.05, 0.1) is 13.5 Å². The molecule has 0 bridgehead atoms.